The van der Waals surface area contributed by atoms with Gasteiger partial charge in [-0.1, -0.05) is 26.7 Å². The molecule has 0 spiro atoms. The summed E-state index contributed by atoms with van der Waals surface area (Å²) in [6.07, 6.45) is 7.10. The molecule has 0 aromatic rings. The summed E-state index contributed by atoms with van der Waals surface area (Å²) in [5.74, 6) is 1.75. The Bertz CT molecular complexity index is 162. The Hall–Kier alpha value is -0.0800. The van der Waals surface area contributed by atoms with Crippen LogP contribution in [0.15, 0.2) is 0 Å². The Morgan fingerprint density at radius 3 is 2.31 bits per heavy atom. The molecule has 1 N–H and O–H groups in total. The standard InChI is InChI=1S/C14H30N2/c1-12(2)9-14(11-16(3)4)15-10-13-7-5-6-8-13/h12-15H,5-11H2,1-4H3. The number of rotatable bonds is 7. The topological polar surface area (TPSA) is 15.3 Å². The maximum atomic E-state index is 3.78. The Kier molecular flexibility index (Phi) is 6.37. The average Bonchev–Trinajstić information content (AvgIpc) is 2.64. The molecule has 1 fully saturated rings. The minimum absolute atomic E-state index is 0.676. The molecule has 1 atom stereocenters. The Morgan fingerprint density at radius 1 is 1.19 bits per heavy atom. The molecule has 1 rings (SSSR count). The number of hydrogen-bond acceptors (Lipinski definition) is 2. The van der Waals surface area contributed by atoms with E-state index in [2.05, 4.69) is 38.2 Å². The molecule has 0 amide bonds. The fourth-order valence-corrected chi connectivity index (χ4v) is 2.78. The van der Waals surface area contributed by atoms with Crippen molar-refractivity contribution < 1.29 is 0 Å². The SMILES string of the molecule is CC(C)CC(CN(C)C)NCC1CCCC1. The monoisotopic (exact) mass is 226 g/mol. The van der Waals surface area contributed by atoms with Crippen molar-refractivity contribution in [1.29, 1.82) is 0 Å². The lowest BCUT2D eigenvalue weighted by atomic mass is 10.0. The Balaban J connectivity index is 2.24. The van der Waals surface area contributed by atoms with Crippen LogP contribution in [0.5, 0.6) is 0 Å². The first-order valence-corrected chi connectivity index (χ1v) is 6.96. The van der Waals surface area contributed by atoms with E-state index in [-0.39, 0.29) is 0 Å². The van der Waals surface area contributed by atoms with Gasteiger partial charge in [-0.25, -0.2) is 0 Å². The third kappa shape index (κ3) is 5.86. The van der Waals surface area contributed by atoms with Gasteiger partial charge in [-0.15, -0.1) is 0 Å². The van der Waals surface area contributed by atoms with Crippen molar-refractivity contribution >= 4 is 0 Å². The summed E-state index contributed by atoms with van der Waals surface area (Å²) in [7, 11) is 4.34. The third-order valence-electron chi connectivity index (χ3n) is 3.51. The Morgan fingerprint density at radius 2 is 1.81 bits per heavy atom. The second-order valence-electron chi connectivity index (χ2n) is 6.15. The van der Waals surface area contributed by atoms with Crippen LogP contribution in [0.2, 0.25) is 0 Å². The minimum Gasteiger partial charge on any atom is -0.312 e. The maximum absolute atomic E-state index is 3.78. The van der Waals surface area contributed by atoms with E-state index in [0.717, 1.165) is 11.8 Å². The van der Waals surface area contributed by atoms with Crippen LogP contribution in [0.25, 0.3) is 0 Å². The van der Waals surface area contributed by atoms with E-state index in [1.165, 1.54) is 45.2 Å². The second kappa shape index (κ2) is 7.29. The summed E-state index contributed by atoms with van der Waals surface area (Å²) in [6.45, 7) is 7.05. The number of nitrogens with one attached hydrogen (secondary N) is 1. The van der Waals surface area contributed by atoms with Crippen LogP contribution in [0.4, 0.5) is 0 Å². The van der Waals surface area contributed by atoms with Gasteiger partial charge in [0, 0.05) is 12.6 Å². The maximum Gasteiger partial charge on any atom is 0.0197 e. The first-order chi connectivity index (χ1) is 7.58. The van der Waals surface area contributed by atoms with E-state index in [9.17, 15) is 0 Å². The van der Waals surface area contributed by atoms with Crippen LogP contribution in [-0.2, 0) is 0 Å². The van der Waals surface area contributed by atoms with E-state index in [0.29, 0.717) is 6.04 Å². The van der Waals surface area contributed by atoms with Gasteiger partial charge in [0.05, 0.1) is 0 Å². The highest BCUT2D eigenvalue weighted by Gasteiger charge is 2.17. The number of likely N-dealkylation sites (N-methyl/N-ethyl adjacent to an activating group) is 1. The number of nitrogens with zero attached hydrogens (tertiary/aromatic N) is 1. The molecular weight excluding hydrogens is 196 g/mol. The van der Waals surface area contributed by atoms with E-state index in [1.54, 1.807) is 0 Å². The van der Waals surface area contributed by atoms with E-state index in [4.69, 9.17) is 0 Å². The molecule has 0 saturated heterocycles. The molecule has 0 radical (unpaired) electrons. The van der Waals surface area contributed by atoms with Crippen molar-refractivity contribution in [3.8, 4) is 0 Å². The number of hydrogen-bond donors (Lipinski definition) is 1. The van der Waals surface area contributed by atoms with Crippen molar-refractivity contribution in [1.82, 2.24) is 10.2 Å². The molecule has 0 heterocycles. The summed E-state index contributed by atoms with van der Waals surface area (Å²) >= 11 is 0. The van der Waals surface area contributed by atoms with Gasteiger partial charge >= 0.3 is 0 Å². The highest BCUT2D eigenvalue weighted by molar-refractivity contribution is 4.75. The van der Waals surface area contributed by atoms with Gasteiger partial charge in [-0.05, 0) is 51.7 Å². The smallest absolute Gasteiger partial charge is 0.0197 e. The highest BCUT2D eigenvalue weighted by Crippen LogP contribution is 2.24. The van der Waals surface area contributed by atoms with Gasteiger partial charge in [0.25, 0.3) is 0 Å². The van der Waals surface area contributed by atoms with Gasteiger partial charge in [-0.2, -0.15) is 0 Å². The summed E-state index contributed by atoms with van der Waals surface area (Å²) in [5.41, 5.74) is 0. The van der Waals surface area contributed by atoms with Gasteiger partial charge in [0.2, 0.25) is 0 Å². The molecule has 0 aliphatic heterocycles. The predicted molar refractivity (Wildman–Crippen MR) is 71.8 cm³/mol. The van der Waals surface area contributed by atoms with Crippen LogP contribution < -0.4 is 5.32 Å². The molecule has 1 saturated carbocycles. The average molecular weight is 226 g/mol. The van der Waals surface area contributed by atoms with Crippen LogP contribution in [0.3, 0.4) is 0 Å². The minimum atomic E-state index is 0.676. The molecule has 2 nitrogen and oxygen atoms in total. The second-order valence-corrected chi connectivity index (χ2v) is 6.15. The van der Waals surface area contributed by atoms with Crippen LogP contribution in [0.1, 0.15) is 46.0 Å². The van der Waals surface area contributed by atoms with E-state index >= 15 is 0 Å². The van der Waals surface area contributed by atoms with Gasteiger partial charge in [0.15, 0.2) is 0 Å². The fourth-order valence-electron chi connectivity index (χ4n) is 2.78. The van der Waals surface area contributed by atoms with Gasteiger partial charge in [-0.3, -0.25) is 0 Å². The van der Waals surface area contributed by atoms with Crippen molar-refractivity contribution in [3.63, 3.8) is 0 Å². The normalized spacial score (nSPS) is 19.9. The lowest BCUT2D eigenvalue weighted by molar-refractivity contribution is 0.294. The Labute approximate surface area is 102 Å². The lowest BCUT2D eigenvalue weighted by Crippen LogP contribution is -2.41. The van der Waals surface area contributed by atoms with E-state index in [1.807, 2.05) is 0 Å². The summed E-state index contributed by atoms with van der Waals surface area (Å²) in [5, 5.41) is 3.78. The van der Waals surface area contributed by atoms with Crippen molar-refractivity contribution in [2.24, 2.45) is 11.8 Å². The molecule has 0 aromatic heterocycles. The fraction of sp³-hybridized carbons (Fsp3) is 1.00. The first kappa shape index (κ1) is 14.0. The lowest BCUT2D eigenvalue weighted by Gasteiger charge is -2.25. The third-order valence-corrected chi connectivity index (χ3v) is 3.51. The van der Waals surface area contributed by atoms with Gasteiger partial charge < -0.3 is 10.2 Å². The highest BCUT2D eigenvalue weighted by atomic mass is 15.1. The predicted octanol–water partition coefficient (Wildman–Crippen LogP) is 2.74. The zero-order valence-electron chi connectivity index (χ0n) is 11.6. The molecule has 0 bridgehead atoms. The molecule has 1 aliphatic carbocycles. The van der Waals surface area contributed by atoms with Crippen LogP contribution in [0, 0.1) is 11.8 Å². The van der Waals surface area contributed by atoms with E-state index < -0.39 is 0 Å². The van der Waals surface area contributed by atoms with Gasteiger partial charge in [0.1, 0.15) is 0 Å². The molecular formula is C14H30N2. The van der Waals surface area contributed by atoms with Crippen molar-refractivity contribution in [3.05, 3.63) is 0 Å². The molecule has 1 aliphatic rings. The van der Waals surface area contributed by atoms with Crippen LogP contribution in [-0.4, -0.2) is 38.1 Å². The molecule has 96 valence electrons. The molecule has 1 unspecified atom stereocenters. The summed E-state index contributed by atoms with van der Waals surface area (Å²) in [4.78, 5) is 2.30. The van der Waals surface area contributed by atoms with Crippen LogP contribution >= 0.6 is 0 Å². The molecule has 2 heteroatoms. The largest absolute Gasteiger partial charge is 0.312 e. The van der Waals surface area contributed by atoms with Crippen molar-refractivity contribution in [2.75, 3.05) is 27.2 Å². The first-order valence-electron chi connectivity index (χ1n) is 6.96. The summed E-state index contributed by atoms with van der Waals surface area (Å²) in [6, 6.07) is 0.676. The zero-order valence-corrected chi connectivity index (χ0v) is 11.6. The molecule has 16 heavy (non-hydrogen) atoms. The zero-order chi connectivity index (χ0) is 12.0. The summed E-state index contributed by atoms with van der Waals surface area (Å²) < 4.78 is 0. The molecule has 0 aromatic carbocycles. The van der Waals surface area contributed by atoms with Crippen molar-refractivity contribution in [2.45, 2.75) is 52.0 Å². The quantitative estimate of drug-likeness (QED) is 0.718.